The SMILES string of the molecule is CCCOc1cc(C)nc(NC(C)CC(C)Cl)n1. The van der Waals surface area contributed by atoms with Gasteiger partial charge in [-0.25, -0.2) is 4.98 Å². The van der Waals surface area contributed by atoms with Crippen molar-refractivity contribution in [3.8, 4) is 5.88 Å². The molecule has 18 heavy (non-hydrogen) atoms. The first-order valence-electron chi connectivity index (χ1n) is 6.40. The first-order valence-corrected chi connectivity index (χ1v) is 6.84. The van der Waals surface area contributed by atoms with E-state index >= 15 is 0 Å². The minimum absolute atomic E-state index is 0.133. The van der Waals surface area contributed by atoms with Crippen LogP contribution in [0, 0.1) is 6.92 Å². The van der Waals surface area contributed by atoms with Crippen LogP contribution in [-0.2, 0) is 0 Å². The number of hydrogen-bond acceptors (Lipinski definition) is 4. The van der Waals surface area contributed by atoms with Crippen molar-refractivity contribution in [1.82, 2.24) is 9.97 Å². The minimum atomic E-state index is 0.133. The average Bonchev–Trinajstić information content (AvgIpc) is 2.24. The number of nitrogens with zero attached hydrogens (tertiary/aromatic N) is 2. The molecular weight excluding hydrogens is 250 g/mol. The van der Waals surface area contributed by atoms with Crippen molar-refractivity contribution in [3.05, 3.63) is 11.8 Å². The van der Waals surface area contributed by atoms with Crippen LogP contribution < -0.4 is 10.1 Å². The summed E-state index contributed by atoms with van der Waals surface area (Å²) in [6.45, 7) is 8.71. The number of nitrogens with one attached hydrogen (secondary N) is 1. The summed E-state index contributed by atoms with van der Waals surface area (Å²) in [6, 6.07) is 2.08. The molecule has 2 unspecified atom stereocenters. The van der Waals surface area contributed by atoms with E-state index in [0.29, 0.717) is 18.4 Å². The van der Waals surface area contributed by atoms with Crippen LogP contribution in [0.1, 0.15) is 39.3 Å². The number of hydrogen-bond donors (Lipinski definition) is 1. The maximum Gasteiger partial charge on any atom is 0.226 e. The Kier molecular flexibility index (Phi) is 6.19. The molecule has 0 aliphatic rings. The maximum atomic E-state index is 5.96. The summed E-state index contributed by atoms with van der Waals surface area (Å²) in [5, 5.41) is 3.38. The third-order valence-corrected chi connectivity index (χ3v) is 2.52. The zero-order valence-corrected chi connectivity index (χ0v) is 12.3. The predicted octanol–water partition coefficient (Wildman–Crippen LogP) is 3.39. The van der Waals surface area contributed by atoms with E-state index in [9.17, 15) is 0 Å². The van der Waals surface area contributed by atoms with Gasteiger partial charge in [-0.1, -0.05) is 6.92 Å². The van der Waals surface area contributed by atoms with Gasteiger partial charge in [-0.15, -0.1) is 11.6 Å². The van der Waals surface area contributed by atoms with Crippen LogP contribution in [0.15, 0.2) is 6.07 Å². The number of aromatic nitrogens is 2. The lowest BCUT2D eigenvalue weighted by Crippen LogP contribution is -2.20. The normalized spacial score (nSPS) is 14.1. The highest BCUT2D eigenvalue weighted by atomic mass is 35.5. The lowest BCUT2D eigenvalue weighted by Gasteiger charge is -2.15. The van der Waals surface area contributed by atoms with Crippen LogP contribution in [-0.4, -0.2) is 28.0 Å². The number of alkyl halides is 1. The molecule has 1 aromatic rings. The van der Waals surface area contributed by atoms with Gasteiger partial charge in [0.05, 0.1) is 6.61 Å². The van der Waals surface area contributed by atoms with Crippen molar-refractivity contribution in [2.75, 3.05) is 11.9 Å². The Morgan fingerprint density at radius 1 is 1.39 bits per heavy atom. The Morgan fingerprint density at radius 2 is 2.11 bits per heavy atom. The summed E-state index contributed by atoms with van der Waals surface area (Å²) >= 11 is 5.96. The molecule has 4 nitrogen and oxygen atoms in total. The predicted molar refractivity (Wildman–Crippen MR) is 75.6 cm³/mol. The van der Waals surface area contributed by atoms with Gasteiger partial charge in [-0.05, 0) is 33.6 Å². The van der Waals surface area contributed by atoms with Crippen LogP contribution in [0.3, 0.4) is 0 Å². The van der Waals surface area contributed by atoms with Crippen LogP contribution in [0.25, 0.3) is 0 Å². The zero-order chi connectivity index (χ0) is 13.5. The molecule has 0 aliphatic carbocycles. The van der Waals surface area contributed by atoms with E-state index in [1.54, 1.807) is 0 Å². The van der Waals surface area contributed by atoms with Gasteiger partial charge in [-0.2, -0.15) is 4.98 Å². The van der Waals surface area contributed by atoms with E-state index in [-0.39, 0.29) is 11.4 Å². The molecular formula is C13H22ClN3O. The second-order valence-corrected chi connectivity index (χ2v) is 5.33. The quantitative estimate of drug-likeness (QED) is 0.772. The summed E-state index contributed by atoms with van der Waals surface area (Å²) in [4.78, 5) is 8.67. The smallest absolute Gasteiger partial charge is 0.226 e. The summed E-state index contributed by atoms with van der Waals surface area (Å²) in [5.41, 5.74) is 0.893. The molecule has 0 saturated heterocycles. The average molecular weight is 272 g/mol. The molecule has 0 fully saturated rings. The first kappa shape index (κ1) is 15.0. The molecule has 0 aliphatic heterocycles. The van der Waals surface area contributed by atoms with Gasteiger partial charge in [0.2, 0.25) is 11.8 Å². The van der Waals surface area contributed by atoms with Crippen LogP contribution in [0.2, 0.25) is 0 Å². The molecule has 1 aromatic heterocycles. The summed E-state index contributed by atoms with van der Waals surface area (Å²) in [5.74, 6) is 1.23. The van der Waals surface area contributed by atoms with E-state index in [1.807, 2.05) is 19.9 Å². The van der Waals surface area contributed by atoms with Gasteiger partial charge in [0.25, 0.3) is 0 Å². The zero-order valence-electron chi connectivity index (χ0n) is 11.5. The largest absolute Gasteiger partial charge is 0.478 e. The van der Waals surface area contributed by atoms with Gasteiger partial charge in [-0.3, -0.25) is 0 Å². The van der Waals surface area contributed by atoms with Gasteiger partial charge in [0, 0.05) is 23.2 Å². The number of aryl methyl sites for hydroxylation is 1. The molecule has 0 bridgehead atoms. The van der Waals surface area contributed by atoms with Gasteiger partial charge in [0.1, 0.15) is 0 Å². The standard InChI is InChI=1S/C13H22ClN3O/c1-5-6-18-12-8-11(4)16-13(17-12)15-10(3)7-9(2)14/h8-10H,5-7H2,1-4H3,(H,15,16,17). The number of rotatable bonds is 7. The van der Waals surface area contributed by atoms with Crippen molar-refractivity contribution in [2.45, 2.75) is 52.0 Å². The lowest BCUT2D eigenvalue weighted by atomic mass is 10.2. The fourth-order valence-corrected chi connectivity index (χ4v) is 1.92. The maximum absolute atomic E-state index is 5.96. The fraction of sp³-hybridized carbons (Fsp3) is 0.692. The monoisotopic (exact) mass is 271 g/mol. The van der Waals surface area contributed by atoms with Gasteiger partial charge in [0.15, 0.2) is 0 Å². The molecule has 2 atom stereocenters. The van der Waals surface area contributed by atoms with E-state index in [2.05, 4.69) is 29.1 Å². The summed E-state index contributed by atoms with van der Waals surface area (Å²) in [6.07, 6.45) is 1.83. The number of anilines is 1. The lowest BCUT2D eigenvalue weighted by molar-refractivity contribution is 0.305. The topological polar surface area (TPSA) is 47.0 Å². The summed E-state index contributed by atoms with van der Waals surface area (Å²) < 4.78 is 5.52. The molecule has 0 radical (unpaired) electrons. The second kappa shape index (κ2) is 7.41. The third-order valence-electron chi connectivity index (χ3n) is 2.34. The fourth-order valence-electron chi connectivity index (χ4n) is 1.65. The van der Waals surface area contributed by atoms with Crippen molar-refractivity contribution in [3.63, 3.8) is 0 Å². The second-order valence-electron chi connectivity index (χ2n) is 4.58. The highest BCUT2D eigenvalue weighted by Crippen LogP contribution is 2.14. The Bertz CT molecular complexity index is 371. The van der Waals surface area contributed by atoms with Crippen molar-refractivity contribution in [1.29, 1.82) is 0 Å². The third kappa shape index (κ3) is 5.54. The Morgan fingerprint density at radius 3 is 2.72 bits per heavy atom. The van der Waals surface area contributed by atoms with Gasteiger partial charge >= 0.3 is 0 Å². The van der Waals surface area contributed by atoms with E-state index in [1.165, 1.54) is 0 Å². The molecule has 0 spiro atoms. The molecule has 0 saturated carbocycles. The summed E-state index contributed by atoms with van der Waals surface area (Å²) in [7, 11) is 0. The molecule has 0 amide bonds. The highest BCUT2D eigenvalue weighted by molar-refractivity contribution is 6.20. The van der Waals surface area contributed by atoms with Crippen LogP contribution in [0.4, 0.5) is 5.95 Å². The van der Waals surface area contributed by atoms with Crippen molar-refractivity contribution in [2.24, 2.45) is 0 Å². The molecule has 0 aromatic carbocycles. The Hall–Kier alpha value is -1.03. The van der Waals surface area contributed by atoms with Gasteiger partial charge < -0.3 is 10.1 Å². The molecule has 1 N–H and O–H groups in total. The van der Waals surface area contributed by atoms with Crippen molar-refractivity contribution < 1.29 is 4.74 Å². The molecule has 1 rings (SSSR count). The van der Waals surface area contributed by atoms with E-state index < -0.39 is 0 Å². The Labute approximate surface area is 114 Å². The Balaban J connectivity index is 2.67. The molecule has 5 heteroatoms. The molecule has 102 valence electrons. The van der Waals surface area contributed by atoms with Crippen molar-refractivity contribution >= 4 is 17.5 Å². The van der Waals surface area contributed by atoms with E-state index in [0.717, 1.165) is 18.5 Å². The van der Waals surface area contributed by atoms with Crippen LogP contribution >= 0.6 is 11.6 Å². The number of halogens is 1. The van der Waals surface area contributed by atoms with Crippen LogP contribution in [0.5, 0.6) is 5.88 Å². The minimum Gasteiger partial charge on any atom is -0.478 e. The molecule has 1 heterocycles. The van der Waals surface area contributed by atoms with E-state index in [4.69, 9.17) is 16.3 Å². The number of ether oxygens (including phenoxy) is 1. The first-order chi connectivity index (χ1) is 8.51. The highest BCUT2D eigenvalue weighted by Gasteiger charge is 2.09.